The molecule has 3 heteroatoms. The molecule has 0 aliphatic carbocycles. The first-order chi connectivity index (χ1) is 8.96. The van der Waals surface area contributed by atoms with Gasteiger partial charge in [-0.1, -0.05) is 20.3 Å². The first-order valence-electron chi connectivity index (χ1n) is 7.77. The maximum absolute atomic E-state index is 4.66. The molecule has 19 heavy (non-hydrogen) atoms. The average molecular weight is 265 g/mol. The summed E-state index contributed by atoms with van der Waals surface area (Å²) in [7, 11) is 0. The van der Waals surface area contributed by atoms with E-state index in [1.807, 2.05) is 0 Å². The average Bonchev–Trinajstić information content (AvgIpc) is 2.74. The van der Waals surface area contributed by atoms with Crippen molar-refractivity contribution < 1.29 is 0 Å². The van der Waals surface area contributed by atoms with Gasteiger partial charge in [0.15, 0.2) is 0 Å². The van der Waals surface area contributed by atoms with E-state index in [9.17, 15) is 0 Å². The van der Waals surface area contributed by atoms with Gasteiger partial charge in [0.05, 0.1) is 5.69 Å². The molecule has 0 spiro atoms. The van der Waals surface area contributed by atoms with Crippen LogP contribution in [0.2, 0.25) is 0 Å². The van der Waals surface area contributed by atoms with Crippen LogP contribution in [0.3, 0.4) is 0 Å². The van der Waals surface area contributed by atoms with Crippen LogP contribution in [0.1, 0.15) is 65.3 Å². The maximum Gasteiger partial charge on any atom is 0.0624 e. The molecular formula is C16H31N3. The Bertz CT molecular complexity index is 361. The molecule has 0 unspecified atom stereocenters. The maximum atomic E-state index is 4.66. The fourth-order valence-corrected chi connectivity index (χ4v) is 2.19. The molecule has 0 amide bonds. The van der Waals surface area contributed by atoms with E-state index in [-0.39, 0.29) is 5.54 Å². The fourth-order valence-electron chi connectivity index (χ4n) is 2.19. The van der Waals surface area contributed by atoms with Gasteiger partial charge < -0.3 is 5.32 Å². The van der Waals surface area contributed by atoms with Crippen molar-refractivity contribution in [2.75, 3.05) is 6.54 Å². The molecule has 3 nitrogen and oxygen atoms in total. The van der Waals surface area contributed by atoms with Crippen molar-refractivity contribution in [2.45, 2.75) is 78.8 Å². The van der Waals surface area contributed by atoms with Crippen LogP contribution in [0.4, 0.5) is 0 Å². The van der Waals surface area contributed by atoms with E-state index in [4.69, 9.17) is 0 Å². The lowest BCUT2D eigenvalue weighted by Gasteiger charge is -2.20. The molecule has 1 heterocycles. The van der Waals surface area contributed by atoms with Gasteiger partial charge in [-0.05, 0) is 59.1 Å². The second-order valence-corrected chi connectivity index (χ2v) is 6.29. The lowest BCUT2D eigenvalue weighted by molar-refractivity contribution is 0.412. The van der Waals surface area contributed by atoms with Gasteiger partial charge in [-0.25, -0.2) is 0 Å². The predicted octanol–water partition coefficient (Wildman–Crippen LogP) is 3.57. The Hall–Kier alpha value is -0.830. The molecule has 110 valence electrons. The van der Waals surface area contributed by atoms with Crippen molar-refractivity contribution >= 4 is 0 Å². The van der Waals surface area contributed by atoms with Crippen LogP contribution in [0, 0.1) is 0 Å². The number of hydrogen-bond donors (Lipinski definition) is 1. The van der Waals surface area contributed by atoms with Crippen LogP contribution >= 0.6 is 0 Å². The summed E-state index contributed by atoms with van der Waals surface area (Å²) in [5.74, 6) is 0. The van der Waals surface area contributed by atoms with Crippen molar-refractivity contribution in [2.24, 2.45) is 0 Å². The first-order valence-corrected chi connectivity index (χ1v) is 7.77. The van der Waals surface area contributed by atoms with Gasteiger partial charge in [0, 0.05) is 17.8 Å². The van der Waals surface area contributed by atoms with E-state index in [0.29, 0.717) is 0 Å². The van der Waals surface area contributed by atoms with Crippen LogP contribution < -0.4 is 5.32 Å². The van der Waals surface area contributed by atoms with E-state index >= 15 is 0 Å². The largest absolute Gasteiger partial charge is 0.312 e. The summed E-state index contributed by atoms with van der Waals surface area (Å²) in [6, 6.07) is 2.25. The predicted molar refractivity (Wildman–Crippen MR) is 82.6 cm³/mol. The number of nitrogens with zero attached hydrogens (tertiary/aromatic N) is 2. The highest BCUT2D eigenvalue weighted by molar-refractivity contribution is 5.10. The van der Waals surface area contributed by atoms with Crippen LogP contribution in [-0.4, -0.2) is 21.9 Å². The topological polar surface area (TPSA) is 29.9 Å². The van der Waals surface area contributed by atoms with Crippen molar-refractivity contribution in [1.29, 1.82) is 0 Å². The molecule has 1 N–H and O–H groups in total. The molecule has 1 aromatic heterocycles. The normalized spacial score (nSPS) is 12.1. The van der Waals surface area contributed by atoms with Crippen molar-refractivity contribution in [3.05, 3.63) is 17.5 Å². The number of aromatic nitrogens is 2. The van der Waals surface area contributed by atoms with E-state index in [1.54, 1.807) is 0 Å². The smallest absolute Gasteiger partial charge is 0.0624 e. The highest BCUT2D eigenvalue weighted by atomic mass is 15.3. The summed E-state index contributed by atoms with van der Waals surface area (Å²) >= 11 is 0. The molecule has 0 fully saturated rings. The lowest BCUT2D eigenvalue weighted by Crippen LogP contribution is -2.36. The standard InChI is InChI=1S/C16H31N3/c1-6-14-13-15(7-2)19(18-14)12-10-8-9-11-17-16(3,4)5/h13,17H,6-12H2,1-5H3. The quantitative estimate of drug-likeness (QED) is 0.728. The minimum Gasteiger partial charge on any atom is -0.312 e. The second kappa shape index (κ2) is 7.68. The van der Waals surface area contributed by atoms with Gasteiger partial charge in [0.1, 0.15) is 0 Å². The molecule has 0 atom stereocenters. The van der Waals surface area contributed by atoms with Crippen LogP contribution in [-0.2, 0) is 19.4 Å². The molecule has 0 aliphatic heterocycles. The Morgan fingerprint density at radius 1 is 1.11 bits per heavy atom. The third kappa shape index (κ3) is 6.24. The monoisotopic (exact) mass is 265 g/mol. The van der Waals surface area contributed by atoms with Gasteiger partial charge in [-0.3, -0.25) is 4.68 Å². The third-order valence-electron chi connectivity index (χ3n) is 3.34. The molecule has 0 bridgehead atoms. The zero-order valence-corrected chi connectivity index (χ0v) is 13.4. The summed E-state index contributed by atoms with van der Waals surface area (Å²) in [6.45, 7) is 13.2. The van der Waals surface area contributed by atoms with Gasteiger partial charge in [0.25, 0.3) is 0 Å². The fraction of sp³-hybridized carbons (Fsp3) is 0.812. The van der Waals surface area contributed by atoms with Gasteiger partial charge in [-0.2, -0.15) is 5.10 Å². The minimum atomic E-state index is 0.243. The number of rotatable bonds is 8. The summed E-state index contributed by atoms with van der Waals surface area (Å²) in [6.07, 6.45) is 5.87. The second-order valence-electron chi connectivity index (χ2n) is 6.29. The van der Waals surface area contributed by atoms with E-state index in [1.165, 1.54) is 30.7 Å². The van der Waals surface area contributed by atoms with Crippen molar-refractivity contribution in [3.8, 4) is 0 Å². The summed E-state index contributed by atoms with van der Waals surface area (Å²) in [5, 5.41) is 8.19. The van der Waals surface area contributed by atoms with E-state index in [2.05, 4.69) is 55.8 Å². The molecular weight excluding hydrogens is 234 g/mol. The Balaban J connectivity index is 2.24. The van der Waals surface area contributed by atoms with E-state index in [0.717, 1.165) is 25.9 Å². The SMILES string of the molecule is CCc1cc(CC)n(CCCCCNC(C)(C)C)n1. The number of aryl methyl sites for hydroxylation is 3. The summed E-state index contributed by atoms with van der Waals surface area (Å²) < 4.78 is 2.20. The summed E-state index contributed by atoms with van der Waals surface area (Å²) in [4.78, 5) is 0. The van der Waals surface area contributed by atoms with Crippen LogP contribution in [0.5, 0.6) is 0 Å². The zero-order chi connectivity index (χ0) is 14.3. The molecule has 1 rings (SSSR count). The number of nitrogens with one attached hydrogen (secondary N) is 1. The van der Waals surface area contributed by atoms with Gasteiger partial charge in [-0.15, -0.1) is 0 Å². The molecule has 0 aliphatic rings. The Morgan fingerprint density at radius 3 is 2.42 bits per heavy atom. The molecule has 0 radical (unpaired) electrons. The summed E-state index contributed by atoms with van der Waals surface area (Å²) in [5.41, 5.74) is 2.85. The zero-order valence-electron chi connectivity index (χ0n) is 13.4. The molecule has 0 saturated heterocycles. The lowest BCUT2D eigenvalue weighted by atomic mass is 10.1. The highest BCUT2D eigenvalue weighted by Gasteiger charge is 2.07. The molecule has 1 aromatic rings. The van der Waals surface area contributed by atoms with Crippen LogP contribution in [0.25, 0.3) is 0 Å². The Morgan fingerprint density at radius 2 is 1.84 bits per heavy atom. The first kappa shape index (κ1) is 16.2. The molecule has 0 aromatic carbocycles. The van der Waals surface area contributed by atoms with Crippen molar-refractivity contribution in [1.82, 2.24) is 15.1 Å². The number of hydrogen-bond acceptors (Lipinski definition) is 2. The third-order valence-corrected chi connectivity index (χ3v) is 3.34. The highest BCUT2D eigenvalue weighted by Crippen LogP contribution is 2.08. The van der Waals surface area contributed by atoms with Crippen LogP contribution in [0.15, 0.2) is 6.07 Å². The van der Waals surface area contributed by atoms with Gasteiger partial charge >= 0.3 is 0 Å². The number of unbranched alkanes of at least 4 members (excludes halogenated alkanes) is 2. The van der Waals surface area contributed by atoms with E-state index < -0.39 is 0 Å². The molecule has 0 saturated carbocycles. The Labute approximate surface area is 118 Å². The van der Waals surface area contributed by atoms with Gasteiger partial charge in [0.2, 0.25) is 0 Å². The van der Waals surface area contributed by atoms with Crippen molar-refractivity contribution in [3.63, 3.8) is 0 Å². The minimum absolute atomic E-state index is 0.243. The Kier molecular flexibility index (Phi) is 6.56.